The summed E-state index contributed by atoms with van der Waals surface area (Å²) in [5.41, 5.74) is 9.03. The van der Waals surface area contributed by atoms with E-state index in [1.807, 2.05) is 24.3 Å². The van der Waals surface area contributed by atoms with E-state index >= 15 is 0 Å². The zero-order valence-corrected chi connectivity index (χ0v) is 22.9. The minimum Gasteiger partial charge on any atom is -0.405 e. The molecule has 0 spiro atoms. The number of anilines is 3. The predicted octanol–water partition coefficient (Wildman–Crippen LogP) is 8.13. The fourth-order valence-corrected chi connectivity index (χ4v) is 6.26. The SMILES string of the molecule is C1=CC(c2cccc3c2B(Nc2ccccc2)N(c2nc(-c4ccccc4)nc4ccccc24)c2ccccc2-3)C=C1. The van der Waals surface area contributed by atoms with Crippen molar-refractivity contribution in [3.8, 4) is 22.5 Å². The molecule has 6 aromatic rings. The van der Waals surface area contributed by atoms with Gasteiger partial charge in [0, 0.05) is 33.8 Å². The van der Waals surface area contributed by atoms with E-state index in [0.717, 1.165) is 33.7 Å². The van der Waals surface area contributed by atoms with Crippen molar-refractivity contribution in [3.05, 3.63) is 157 Å². The molecule has 1 aliphatic carbocycles. The number of hydrogen-bond acceptors (Lipinski definition) is 4. The van der Waals surface area contributed by atoms with E-state index in [0.29, 0.717) is 5.82 Å². The van der Waals surface area contributed by atoms with Gasteiger partial charge in [0.05, 0.1) is 5.52 Å². The van der Waals surface area contributed by atoms with Crippen molar-refractivity contribution in [2.75, 3.05) is 10.0 Å². The first-order valence-electron chi connectivity index (χ1n) is 14.4. The summed E-state index contributed by atoms with van der Waals surface area (Å²) >= 11 is 0. The first-order valence-corrected chi connectivity index (χ1v) is 14.4. The molecule has 0 fully saturated rings. The van der Waals surface area contributed by atoms with Gasteiger partial charge in [-0.05, 0) is 46.9 Å². The molecule has 0 amide bonds. The van der Waals surface area contributed by atoms with E-state index in [9.17, 15) is 0 Å². The average Bonchev–Trinajstić information content (AvgIpc) is 3.60. The quantitative estimate of drug-likeness (QED) is 0.225. The van der Waals surface area contributed by atoms with Crippen molar-refractivity contribution < 1.29 is 0 Å². The lowest BCUT2D eigenvalue weighted by molar-refractivity contribution is 1.11. The summed E-state index contributed by atoms with van der Waals surface area (Å²) in [5, 5.41) is 4.94. The molecule has 0 bridgehead atoms. The van der Waals surface area contributed by atoms with Gasteiger partial charge in [0.1, 0.15) is 5.82 Å². The van der Waals surface area contributed by atoms with Crippen LogP contribution in [-0.4, -0.2) is 17.0 Å². The number of benzene rings is 5. The maximum atomic E-state index is 5.33. The number of allylic oxidation sites excluding steroid dienone is 4. The smallest absolute Gasteiger partial charge is 0.405 e. The van der Waals surface area contributed by atoms with Crippen molar-refractivity contribution in [2.45, 2.75) is 5.92 Å². The third-order valence-electron chi connectivity index (χ3n) is 8.15. The Morgan fingerprint density at radius 3 is 2.14 bits per heavy atom. The van der Waals surface area contributed by atoms with Crippen molar-refractivity contribution in [1.82, 2.24) is 9.97 Å². The van der Waals surface area contributed by atoms with Gasteiger partial charge < -0.3 is 10.0 Å². The molecule has 4 nitrogen and oxygen atoms in total. The highest BCUT2D eigenvalue weighted by molar-refractivity contribution is 6.83. The summed E-state index contributed by atoms with van der Waals surface area (Å²) in [6.45, 7) is -0.224. The van der Waals surface area contributed by atoms with Crippen molar-refractivity contribution in [3.63, 3.8) is 0 Å². The molecule has 2 aliphatic rings. The monoisotopic (exact) mass is 538 g/mol. The third kappa shape index (κ3) is 4.10. The molecule has 0 saturated carbocycles. The molecule has 1 aliphatic heterocycles. The van der Waals surface area contributed by atoms with E-state index < -0.39 is 0 Å². The van der Waals surface area contributed by atoms with Crippen LogP contribution in [0.25, 0.3) is 33.4 Å². The van der Waals surface area contributed by atoms with Crippen LogP contribution in [0.5, 0.6) is 0 Å². The highest BCUT2D eigenvalue weighted by atomic mass is 15.2. The van der Waals surface area contributed by atoms with Gasteiger partial charge in [0.2, 0.25) is 0 Å². The van der Waals surface area contributed by atoms with Gasteiger partial charge in [-0.15, -0.1) is 0 Å². The Kier molecular flexibility index (Phi) is 5.93. The van der Waals surface area contributed by atoms with E-state index in [1.54, 1.807) is 0 Å². The van der Waals surface area contributed by atoms with Gasteiger partial charge in [-0.2, -0.15) is 0 Å². The lowest BCUT2D eigenvalue weighted by Crippen LogP contribution is -2.56. The number of fused-ring (bicyclic) bond motifs is 4. The third-order valence-corrected chi connectivity index (χ3v) is 8.15. The van der Waals surface area contributed by atoms with Crippen molar-refractivity contribution in [1.29, 1.82) is 0 Å². The van der Waals surface area contributed by atoms with Crippen LogP contribution < -0.4 is 15.5 Å². The summed E-state index contributed by atoms with van der Waals surface area (Å²) < 4.78 is 0. The highest BCUT2D eigenvalue weighted by Crippen LogP contribution is 2.43. The number of nitrogens with zero attached hydrogens (tertiary/aromatic N) is 3. The molecular weight excluding hydrogens is 511 g/mol. The largest absolute Gasteiger partial charge is 0.415 e. The highest BCUT2D eigenvalue weighted by Gasteiger charge is 2.40. The number of aromatic nitrogens is 2. The molecule has 42 heavy (non-hydrogen) atoms. The topological polar surface area (TPSA) is 41.0 Å². The zero-order chi connectivity index (χ0) is 27.9. The lowest BCUT2D eigenvalue weighted by Gasteiger charge is -2.39. The zero-order valence-electron chi connectivity index (χ0n) is 22.9. The molecule has 5 heteroatoms. The van der Waals surface area contributed by atoms with Crippen LogP contribution in [0.1, 0.15) is 11.5 Å². The van der Waals surface area contributed by atoms with Crippen molar-refractivity contribution >= 4 is 40.5 Å². The Morgan fingerprint density at radius 2 is 1.31 bits per heavy atom. The minimum absolute atomic E-state index is 0.203. The second-order valence-electron chi connectivity index (χ2n) is 10.7. The normalized spacial score (nSPS) is 13.8. The molecule has 2 heterocycles. The second-order valence-corrected chi connectivity index (χ2v) is 10.7. The van der Waals surface area contributed by atoms with Crippen LogP contribution in [-0.2, 0) is 0 Å². The molecule has 198 valence electrons. The molecule has 5 aromatic carbocycles. The average molecular weight is 538 g/mol. The molecule has 1 N–H and O–H groups in total. The van der Waals surface area contributed by atoms with Gasteiger partial charge in [-0.1, -0.05) is 121 Å². The maximum Gasteiger partial charge on any atom is 0.415 e. The van der Waals surface area contributed by atoms with Gasteiger partial charge in [-0.25, -0.2) is 9.97 Å². The standard InChI is InChI=1S/C37H27BN4/c1-3-16-27(17-4-1)36-39-33-24-11-9-21-32(33)37(40-36)42-34-25-12-10-20-30(34)31-23-13-22-29(26-14-7-8-15-26)35(31)38(42)41-28-18-5-2-6-19-28/h1-26,41H. The number of hydrogen-bond donors (Lipinski definition) is 1. The summed E-state index contributed by atoms with van der Waals surface area (Å²) in [6.07, 6.45) is 8.83. The van der Waals surface area contributed by atoms with Crippen LogP contribution in [0, 0.1) is 0 Å². The summed E-state index contributed by atoms with van der Waals surface area (Å²) in [5.74, 6) is 1.79. The van der Waals surface area contributed by atoms with E-state index in [1.165, 1.54) is 22.2 Å². The van der Waals surface area contributed by atoms with Crippen LogP contribution >= 0.6 is 0 Å². The minimum atomic E-state index is -0.224. The predicted molar refractivity (Wildman–Crippen MR) is 175 cm³/mol. The Hall–Kier alpha value is -5.42. The first kappa shape index (κ1) is 24.4. The first-order chi connectivity index (χ1) is 20.8. The molecule has 0 saturated heterocycles. The van der Waals surface area contributed by atoms with Crippen LogP contribution in [0.2, 0.25) is 0 Å². The number of rotatable bonds is 5. The second kappa shape index (κ2) is 10.2. The molecular formula is C37H27BN4. The molecule has 0 radical (unpaired) electrons. The van der Waals surface area contributed by atoms with Gasteiger partial charge in [0.15, 0.2) is 5.82 Å². The van der Waals surface area contributed by atoms with E-state index in [4.69, 9.17) is 9.97 Å². The van der Waals surface area contributed by atoms with Crippen LogP contribution in [0.15, 0.2) is 152 Å². The Labute approximate surface area is 245 Å². The Bertz CT molecular complexity index is 1970. The number of para-hydroxylation sites is 3. The Balaban J connectivity index is 1.44. The van der Waals surface area contributed by atoms with Gasteiger partial charge in [0.25, 0.3) is 0 Å². The number of nitrogens with one attached hydrogen (secondary N) is 1. The fraction of sp³-hybridized carbons (Fsp3) is 0.0270. The maximum absolute atomic E-state index is 5.33. The van der Waals surface area contributed by atoms with E-state index in [-0.39, 0.29) is 12.9 Å². The Morgan fingerprint density at radius 1 is 0.619 bits per heavy atom. The summed E-state index contributed by atoms with van der Waals surface area (Å²) in [6, 6.07) is 44.4. The van der Waals surface area contributed by atoms with Crippen molar-refractivity contribution in [2.24, 2.45) is 0 Å². The summed E-state index contributed by atoms with van der Waals surface area (Å²) in [4.78, 5) is 12.7. The van der Waals surface area contributed by atoms with Gasteiger partial charge in [-0.3, -0.25) is 0 Å². The molecule has 8 rings (SSSR count). The van der Waals surface area contributed by atoms with Crippen LogP contribution in [0.4, 0.5) is 17.2 Å². The van der Waals surface area contributed by atoms with Gasteiger partial charge >= 0.3 is 6.98 Å². The molecule has 1 aromatic heterocycles. The van der Waals surface area contributed by atoms with Crippen LogP contribution in [0.3, 0.4) is 0 Å². The van der Waals surface area contributed by atoms with E-state index in [2.05, 4.69) is 137 Å². The fourth-order valence-electron chi connectivity index (χ4n) is 6.26. The summed E-state index contributed by atoms with van der Waals surface area (Å²) in [7, 11) is 0. The molecule has 0 atom stereocenters. The lowest BCUT2D eigenvalue weighted by atomic mass is 9.57. The molecule has 0 unspecified atom stereocenters.